The van der Waals surface area contributed by atoms with Crippen LogP contribution >= 0.6 is 0 Å². The van der Waals surface area contributed by atoms with E-state index >= 15 is 0 Å². The summed E-state index contributed by atoms with van der Waals surface area (Å²) in [6.45, 7) is 7.71. The molecule has 236 valence electrons. The van der Waals surface area contributed by atoms with Crippen molar-refractivity contribution < 1.29 is 29.3 Å². The average molecular weight is 609 g/mol. The molecule has 44 heavy (non-hydrogen) atoms. The number of carbonyl (C=O) groups is 2. The molecule has 2 aromatic carbocycles. The molecular weight excluding hydrogens is 568 g/mol. The van der Waals surface area contributed by atoms with E-state index in [0.717, 1.165) is 5.56 Å². The number of aliphatic hydroxyl groups excluding tert-OH is 2. The molecular formula is C32H40N4O8. The van der Waals surface area contributed by atoms with E-state index in [2.05, 4.69) is 10.3 Å². The van der Waals surface area contributed by atoms with Gasteiger partial charge in [-0.15, -0.1) is 0 Å². The number of alkyl carbamates (subject to hydrolysis) is 1. The molecule has 0 aliphatic heterocycles. The van der Waals surface area contributed by atoms with E-state index in [0.29, 0.717) is 16.9 Å². The third kappa shape index (κ3) is 8.35. The van der Waals surface area contributed by atoms with Gasteiger partial charge in [0.2, 0.25) is 0 Å². The topological polar surface area (TPSA) is 163 Å². The third-order valence-electron chi connectivity index (χ3n) is 7.37. The number of H-pyrrole nitrogens is 1. The molecule has 1 aliphatic carbocycles. The van der Waals surface area contributed by atoms with Gasteiger partial charge in [0, 0.05) is 36.3 Å². The smallest absolute Gasteiger partial charge is 0.407 e. The van der Waals surface area contributed by atoms with Crippen molar-refractivity contribution in [2.75, 3.05) is 19.7 Å². The van der Waals surface area contributed by atoms with Gasteiger partial charge in [-0.2, -0.15) is 0 Å². The van der Waals surface area contributed by atoms with Crippen molar-refractivity contribution in [3.8, 4) is 5.75 Å². The first-order chi connectivity index (χ1) is 20.8. The van der Waals surface area contributed by atoms with Crippen molar-refractivity contribution in [1.29, 1.82) is 0 Å². The van der Waals surface area contributed by atoms with Crippen LogP contribution in [0.5, 0.6) is 5.75 Å². The van der Waals surface area contributed by atoms with Gasteiger partial charge in [0.05, 0.1) is 18.7 Å². The summed E-state index contributed by atoms with van der Waals surface area (Å²) in [6.07, 6.45) is -1.40. The van der Waals surface area contributed by atoms with Crippen molar-refractivity contribution in [3.05, 3.63) is 98.3 Å². The maximum absolute atomic E-state index is 13.8. The summed E-state index contributed by atoms with van der Waals surface area (Å²) in [4.78, 5) is 53.7. The SMILES string of the molecule is Cc1cn([C@@H]2C[C@@H](CN(Cc3ccccc3)C(=O)c3ccc(OCCNC(=O)OC(C)(C)C)cc3)[C@@H](O)[C@@H]2O)c(=O)[nH]c1=O. The van der Waals surface area contributed by atoms with Crippen LogP contribution in [0, 0.1) is 12.8 Å². The highest BCUT2D eigenvalue weighted by atomic mass is 16.6. The van der Waals surface area contributed by atoms with Crippen LogP contribution in [0.3, 0.4) is 0 Å². The first-order valence-electron chi connectivity index (χ1n) is 14.5. The Bertz CT molecular complexity index is 1550. The van der Waals surface area contributed by atoms with Gasteiger partial charge in [-0.1, -0.05) is 30.3 Å². The lowest BCUT2D eigenvalue weighted by Gasteiger charge is -2.28. The minimum absolute atomic E-state index is 0.119. The highest BCUT2D eigenvalue weighted by molar-refractivity contribution is 5.94. The maximum Gasteiger partial charge on any atom is 0.407 e. The Morgan fingerprint density at radius 3 is 2.39 bits per heavy atom. The Hall–Kier alpha value is -4.42. The van der Waals surface area contributed by atoms with E-state index in [-0.39, 0.29) is 38.6 Å². The summed E-state index contributed by atoms with van der Waals surface area (Å²) in [5, 5.41) is 24.5. The summed E-state index contributed by atoms with van der Waals surface area (Å²) in [6, 6.07) is 15.3. The van der Waals surface area contributed by atoms with Gasteiger partial charge in [-0.25, -0.2) is 9.59 Å². The van der Waals surface area contributed by atoms with Gasteiger partial charge >= 0.3 is 11.8 Å². The second-order valence-corrected chi connectivity index (χ2v) is 12.0. The molecule has 4 N–H and O–H groups in total. The number of rotatable bonds is 10. The quantitative estimate of drug-likeness (QED) is 0.255. The van der Waals surface area contributed by atoms with Crippen LogP contribution < -0.4 is 21.3 Å². The maximum atomic E-state index is 13.8. The molecule has 12 nitrogen and oxygen atoms in total. The van der Waals surface area contributed by atoms with Crippen LogP contribution in [0.25, 0.3) is 0 Å². The molecule has 0 spiro atoms. The molecule has 0 saturated heterocycles. The fourth-order valence-electron chi connectivity index (χ4n) is 5.21. The molecule has 1 heterocycles. The van der Waals surface area contributed by atoms with Crippen LogP contribution in [0.15, 0.2) is 70.4 Å². The zero-order valence-corrected chi connectivity index (χ0v) is 25.4. The molecule has 2 amide bonds. The Morgan fingerprint density at radius 1 is 1.05 bits per heavy atom. The summed E-state index contributed by atoms with van der Waals surface area (Å²) in [5.41, 5.74) is -0.182. The number of amides is 2. The van der Waals surface area contributed by atoms with Crippen molar-refractivity contribution in [2.24, 2.45) is 5.92 Å². The Labute approximate surface area is 255 Å². The standard InChI is InChI=1S/C32H40N4O8/c1-20-17-36(30(41)34-28(20)39)25-16-23(26(37)27(25)38)19-35(18-21-8-6-5-7-9-21)29(40)22-10-12-24(13-11-22)43-15-14-33-31(42)44-32(2,3)4/h5-13,17,23,25-27,37-38H,14-16,18-19H2,1-4H3,(H,33,42)(H,34,39,41)/t23-,25+,26+,27+/m0/s1. The van der Waals surface area contributed by atoms with E-state index in [9.17, 15) is 29.4 Å². The zero-order chi connectivity index (χ0) is 32.0. The second kappa shape index (κ2) is 13.9. The highest BCUT2D eigenvalue weighted by Crippen LogP contribution is 2.35. The fourth-order valence-corrected chi connectivity index (χ4v) is 5.21. The third-order valence-corrected chi connectivity index (χ3v) is 7.37. The predicted molar refractivity (Wildman–Crippen MR) is 163 cm³/mol. The van der Waals surface area contributed by atoms with Crippen LogP contribution in [-0.2, 0) is 11.3 Å². The van der Waals surface area contributed by atoms with Crippen LogP contribution in [0.1, 0.15) is 54.7 Å². The van der Waals surface area contributed by atoms with Crippen molar-refractivity contribution >= 4 is 12.0 Å². The Kier molecular flexibility index (Phi) is 10.3. The molecule has 1 fully saturated rings. The molecule has 1 saturated carbocycles. The fraction of sp³-hybridized carbons (Fsp3) is 0.438. The van der Waals surface area contributed by atoms with Crippen molar-refractivity contribution in [1.82, 2.24) is 19.8 Å². The van der Waals surface area contributed by atoms with Crippen molar-refractivity contribution in [2.45, 2.75) is 64.5 Å². The van der Waals surface area contributed by atoms with Gasteiger partial charge in [0.15, 0.2) is 0 Å². The number of ether oxygens (including phenoxy) is 2. The van der Waals surface area contributed by atoms with Gasteiger partial charge in [-0.3, -0.25) is 19.1 Å². The molecule has 1 aromatic heterocycles. The van der Waals surface area contributed by atoms with E-state index < -0.39 is 47.1 Å². The number of aliphatic hydroxyl groups is 2. The summed E-state index contributed by atoms with van der Waals surface area (Å²) < 4.78 is 12.1. The van der Waals surface area contributed by atoms with Gasteiger partial charge < -0.3 is 29.9 Å². The summed E-state index contributed by atoms with van der Waals surface area (Å²) >= 11 is 0. The molecule has 0 bridgehead atoms. The highest BCUT2D eigenvalue weighted by Gasteiger charge is 2.44. The lowest BCUT2D eigenvalue weighted by Crippen LogP contribution is -2.39. The molecule has 0 unspecified atom stereocenters. The molecule has 1 aliphatic rings. The number of aromatic amines is 1. The molecule has 4 atom stereocenters. The number of hydrogen-bond acceptors (Lipinski definition) is 8. The minimum Gasteiger partial charge on any atom is -0.492 e. The first-order valence-corrected chi connectivity index (χ1v) is 14.5. The number of aromatic nitrogens is 2. The number of nitrogens with zero attached hydrogens (tertiary/aromatic N) is 2. The second-order valence-electron chi connectivity index (χ2n) is 12.0. The zero-order valence-electron chi connectivity index (χ0n) is 25.4. The molecule has 12 heteroatoms. The summed E-state index contributed by atoms with van der Waals surface area (Å²) in [7, 11) is 0. The van der Waals surface area contributed by atoms with Gasteiger partial charge in [0.1, 0.15) is 24.1 Å². The van der Waals surface area contributed by atoms with Crippen LogP contribution in [0.4, 0.5) is 4.79 Å². The normalized spacial score (nSPS) is 19.8. The number of benzene rings is 2. The number of hydrogen-bond donors (Lipinski definition) is 4. The minimum atomic E-state index is -1.27. The molecule has 4 rings (SSSR count). The van der Waals surface area contributed by atoms with E-state index in [1.165, 1.54) is 10.8 Å². The van der Waals surface area contributed by atoms with Crippen LogP contribution in [0.2, 0.25) is 0 Å². The lowest BCUT2D eigenvalue weighted by molar-refractivity contribution is -0.000572. The number of aryl methyl sites for hydroxylation is 1. The van der Waals surface area contributed by atoms with Crippen molar-refractivity contribution in [3.63, 3.8) is 0 Å². The van der Waals surface area contributed by atoms with Gasteiger partial charge in [-0.05, 0) is 63.9 Å². The Morgan fingerprint density at radius 2 is 1.73 bits per heavy atom. The largest absolute Gasteiger partial charge is 0.492 e. The van der Waals surface area contributed by atoms with Crippen LogP contribution in [-0.4, -0.2) is 74.2 Å². The predicted octanol–water partition coefficient (Wildman–Crippen LogP) is 2.37. The molecule has 0 radical (unpaired) electrons. The van der Waals surface area contributed by atoms with E-state index in [1.54, 1.807) is 56.9 Å². The average Bonchev–Trinajstić information content (AvgIpc) is 3.25. The Balaban J connectivity index is 1.45. The summed E-state index contributed by atoms with van der Waals surface area (Å²) in [5.74, 6) is -0.308. The van der Waals surface area contributed by atoms with Gasteiger partial charge in [0.25, 0.3) is 11.5 Å². The lowest BCUT2D eigenvalue weighted by atomic mass is 10.0. The molecule has 3 aromatic rings. The van der Waals surface area contributed by atoms with E-state index in [1.807, 2.05) is 30.3 Å². The number of nitrogens with one attached hydrogen (secondary N) is 2. The monoisotopic (exact) mass is 608 g/mol. The number of carbonyl (C=O) groups excluding carboxylic acids is 2. The first kappa shape index (κ1) is 32.5. The van der Waals surface area contributed by atoms with E-state index in [4.69, 9.17) is 9.47 Å².